The topological polar surface area (TPSA) is 91.9 Å². The van der Waals surface area contributed by atoms with E-state index < -0.39 is 12.5 Å². The van der Waals surface area contributed by atoms with Gasteiger partial charge in [-0.05, 0) is 36.8 Å². The first kappa shape index (κ1) is 24.2. The van der Waals surface area contributed by atoms with Gasteiger partial charge in [0.1, 0.15) is 12.2 Å². The predicted octanol–water partition coefficient (Wildman–Crippen LogP) is 4.01. The number of fused-ring (bicyclic) bond motifs is 1. The fraction of sp³-hybridized carbons (Fsp3) is 0.385. The normalized spacial score (nSPS) is 15.8. The van der Waals surface area contributed by atoms with Crippen molar-refractivity contribution in [1.29, 1.82) is 0 Å². The summed E-state index contributed by atoms with van der Waals surface area (Å²) in [5, 5.41) is 3.40. The highest BCUT2D eigenvalue weighted by Crippen LogP contribution is 2.26. The van der Waals surface area contributed by atoms with Crippen molar-refractivity contribution in [2.45, 2.75) is 32.2 Å². The molecule has 4 heterocycles. The number of hydrogen-bond acceptors (Lipinski definition) is 7. The van der Waals surface area contributed by atoms with Gasteiger partial charge < -0.3 is 15.0 Å². The van der Waals surface area contributed by atoms with E-state index in [2.05, 4.69) is 49.2 Å². The van der Waals surface area contributed by atoms with E-state index in [1.165, 1.54) is 11.9 Å². The summed E-state index contributed by atoms with van der Waals surface area (Å²) in [4.78, 5) is 23.4. The Labute approximate surface area is 208 Å². The lowest BCUT2D eigenvalue weighted by atomic mass is 10.1. The molecule has 1 aliphatic rings. The second-order valence-electron chi connectivity index (χ2n) is 9.24. The first-order chi connectivity index (χ1) is 17.3. The number of piperazine rings is 1. The summed E-state index contributed by atoms with van der Waals surface area (Å²) in [6, 6.07) is 11.9. The maximum absolute atomic E-state index is 13.1. The maximum atomic E-state index is 13.1. The third kappa shape index (κ3) is 5.83. The highest BCUT2D eigenvalue weighted by molar-refractivity contribution is 5.81. The molecule has 10 heteroatoms. The molecular weight excluding hydrogens is 464 g/mol. The highest BCUT2D eigenvalue weighted by Gasteiger charge is 2.22. The van der Waals surface area contributed by atoms with Crippen molar-refractivity contribution in [3.05, 3.63) is 66.0 Å². The largest absolute Gasteiger partial charge is 0.471 e. The van der Waals surface area contributed by atoms with E-state index in [9.17, 15) is 8.78 Å². The number of hydrogen-bond donors (Lipinski definition) is 2. The van der Waals surface area contributed by atoms with Crippen LogP contribution in [0.1, 0.15) is 37.0 Å². The van der Waals surface area contributed by atoms with Crippen LogP contribution in [-0.4, -0.2) is 68.5 Å². The Balaban J connectivity index is 1.32. The van der Waals surface area contributed by atoms with Gasteiger partial charge in [-0.3, -0.25) is 9.88 Å². The third-order valence-electron chi connectivity index (χ3n) is 6.31. The van der Waals surface area contributed by atoms with Crippen LogP contribution in [0.4, 0.5) is 8.78 Å². The number of benzene rings is 1. The third-order valence-corrected chi connectivity index (χ3v) is 6.31. The SMILES string of the molecule is CC(c1ccnc(Cc2nc3ccc(-c4cc(OCC(C)(F)F)ncn4)cc3[nH]2)c1)N1CCNCC1. The van der Waals surface area contributed by atoms with Crippen molar-refractivity contribution in [2.24, 2.45) is 0 Å². The average Bonchev–Trinajstić information content (AvgIpc) is 3.29. The van der Waals surface area contributed by atoms with Crippen LogP contribution in [0.5, 0.6) is 5.88 Å². The van der Waals surface area contributed by atoms with Crippen LogP contribution in [0, 0.1) is 0 Å². The number of H-pyrrole nitrogens is 1. The summed E-state index contributed by atoms with van der Waals surface area (Å²) in [7, 11) is 0. The molecule has 4 aromatic rings. The molecule has 3 aromatic heterocycles. The van der Waals surface area contributed by atoms with Gasteiger partial charge in [0, 0.05) is 69.1 Å². The molecule has 1 saturated heterocycles. The number of aromatic amines is 1. The van der Waals surface area contributed by atoms with Gasteiger partial charge in [-0.25, -0.2) is 23.7 Å². The lowest BCUT2D eigenvalue weighted by Crippen LogP contribution is -2.44. The Kier molecular flexibility index (Phi) is 6.88. The van der Waals surface area contributed by atoms with Crippen molar-refractivity contribution in [2.75, 3.05) is 32.8 Å². The van der Waals surface area contributed by atoms with Crippen molar-refractivity contribution in [1.82, 2.24) is 35.1 Å². The molecule has 36 heavy (non-hydrogen) atoms. The number of ether oxygens (including phenoxy) is 1. The molecule has 0 radical (unpaired) electrons. The summed E-state index contributed by atoms with van der Waals surface area (Å²) >= 11 is 0. The van der Waals surface area contributed by atoms with E-state index >= 15 is 0 Å². The molecule has 1 aromatic carbocycles. The lowest BCUT2D eigenvalue weighted by molar-refractivity contribution is -0.0242. The summed E-state index contributed by atoms with van der Waals surface area (Å²) in [6.07, 6.45) is 3.76. The van der Waals surface area contributed by atoms with E-state index in [4.69, 9.17) is 9.72 Å². The average molecular weight is 494 g/mol. The zero-order chi connectivity index (χ0) is 25.1. The number of rotatable bonds is 8. The zero-order valence-electron chi connectivity index (χ0n) is 20.3. The van der Waals surface area contributed by atoms with Gasteiger partial charge >= 0.3 is 0 Å². The van der Waals surface area contributed by atoms with Gasteiger partial charge in [0.25, 0.3) is 5.92 Å². The van der Waals surface area contributed by atoms with Crippen molar-refractivity contribution in [3.8, 4) is 17.1 Å². The number of aromatic nitrogens is 5. The summed E-state index contributed by atoms with van der Waals surface area (Å²) < 4.78 is 31.4. The first-order valence-electron chi connectivity index (χ1n) is 12.1. The fourth-order valence-electron chi connectivity index (χ4n) is 4.39. The smallest absolute Gasteiger partial charge is 0.278 e. The fourth-order valence-corrected chi connectivity index (χ4v) is 4.39. The van der Waals surface area contributed by atoms with Crippen molar-refractivity contribution in [3.63, 3.8) is 0 Å². The van der Waals surface area contributed by atoms with Crippen molar-refractivity contribution >= 4 is 11.0 Å². The highest BCUT2D eigenvalue weighted by atomic mass is 19.3. The van der Waals surface area contributed by atoms with E-state index in [-0.39, 0.29) is 5.88 Å². The van der Waals surface area contributed by atoms with Crippen LogP contribution in [0.2, 0.25) is 0 Å². The standard InChI is InChI=1S/C26H29F2N7O/c1-17(35-9-7-29-8-10-35)18-5-6-30-20(11-18)13-24-33-21-4-3-19(12-23(21)34-24)22-14-25(32-16-31-22)36-15-26(2,27)28/h3-6,11-12,14,16-17,29H,7-10,13,15H2,1-2H3,(H,33,34). The molecule has 0 spiro atoms. The molecule has 2 N–H and O–H groups in total. The number of nitrogens with zero attached hydrogens (tertiary/aromatic N) is 5. The monoisotopic (exact) mass is 493 g/mol. The summed E-state index contributed by atoms with van der Waals surface area (Å²) in [5.74, 6) is -2.01. The first-order valence-corrected chi connectivity index (χ1v) is 12.1. The van der Waals surface area contributed by atoms with Crippen LogP contribution in [0.3, 0.4) is 0 Å². The molecule has 1 atom stereocenters. The summed E-state index contributed by atoms with van der Waals surface area (Å²) in [5.41, 5.74) is 5.28. The van der Waals surface area contributed by atoms with Gasteiger partial charge in [-0.1, -0.05) is 6.07 Å². The molecule has 188 valence electrons. The number of alkyl halides is 2. The zero-order valence-corrected chi connectivity index (χ0v) is 20.3. The van der Waals surface area contributed by atoms with Crippen molar-refractivity contribution < 1.29 is 13.5 Å². The molecule has 1 aliphatic heterocycles. The van der Waals surface area contributed by atoms with Gasteiger partial charge in [-0.2, -0.15) is 0 Å². The minimum atomic E-state index is -2.94. The van der Waals surface area contributed by atoms with Crippen LogP contribution in [-0.2, 0) is 6.42 Å². The van der Waals surface area contributed by atoms with E-state index in [1.807, 2.05) is 24.4 Å². The number of halogens is 2. The molecule has 0 aliphatic carbocycles. The second-order valence-corrected chi connectivity index (χ2v) is 9.24. The second kappa shape index (κ2) is 10.2. The van der Waals surface area contributed by atoms with Crippen LogP contribution in [0.25, 0.3) is 22.3 Å². The van der Waals surface area contributed by atoms with E-state index in [0.29, 0.717) is 18.2 Å². The Bertz CT molecular complexity index is 1330. The van der Waals surface area contributed by atoms with Crippen LogP contribution < -0.4 is 10.1 Å². The number of nitrogens with one attached hydrogen (secondary N) is 2. The maximum Gasteiger partial charge on any atom is 0.278 e. The van der Waals surface area contributed by atoms with E-state index in [0.717, 1.165) is 61.2 Å². The Hall–Kier alpha value is -3.50. The molecular formula is C26H29F2N7O. The van der Waals surface area contributed by atoms with Crippen LogP contribution in [0.15, 0.2) is 48.9 Å². The minimum Gasteiger partial charge on any atom is -0.471 e. The molecule has 0 amide bonds. The number of imidazole rings is 1. The van der Waals surface area contributed by atoms with Gasteiger partial charge in [-0.15, -0.1) is 0 Å². The molecule has 8 nitrogen and oxygen atoms in total. The van der Waals surface area contributed by atoms with Crippen LogP contribution >= 0.6 is 0 Å². The molecule has 0 saturated carbocycles. The lowest BCUT2D eigenvalue weighted by Gasteiger charge is -2.33. The molecule has 1 unspecified atom stereocenters. The van der Waals surface area contributed by atoms with Gasteiger partial charge in [0.15, 0.2) is 6.61 Å². The Morgan fingerprint density at radius 2 is 1.92 bits per heavy atom. The number of pyridine rings is 1. The predicted molar refractivity (Wildman–Crippen MR) is 133 cm³/mol. The Morgan fingerprint density at radius 3 is 2.72 bits per heavy atom. The molecule has 5 rings (SSSR count). The minimum absolute atomic E-state index is 0.105. The molecule has 1 fully saturated rings. The quantitative estimate of drug-likeness (QED) is 0.383. The summed E-state index contributed by atoms with van der Waals surface area (Å²) in [6.45, 7) is 6.41. The van der Waals surface area contributed by atoms with Gasteiger partial charge in [0.2, 0.25) is 5.88 Å². The van der Waals surface area contributed by atoms with Gasteiger partial charge in [0.05, 0.1) is 16.7 Å². The Morgan fingerprint density at radius 1 is 1.08 bits per heavy atom. The van der Waals surface area contributed by atoms with E-state index in [1.54, 1.807) is 6.07 Å². The molecule has 0 bridgehead atoms.